The summed E-state index contributed by atoms with van der Waals surface area (Å²) in [7, 11) is 0. The summed E-state index contributed by atoms with van der Waals surface area (Å²) in [6.45, 7) is 14.0. The number of phenolic OH excluding ortho intramolecular Hbond substituents is 2. The van der Waals surface area contributed by atoms with E-state index in [2.05, 4.69) is 89.4 Å². The monoisotopic (exact) mass is 1050 g/mol. The first-order chi connectivity index (χ1) is 36.2. The molecule has 1 heterocycles. The quantitative estimate of drug-likeness (QED) is 0.0807. The number of ketones is 1. The molecule has 10 aliphatic carbocycles. The molecule has 11 aliphatic rings. The minimum absolute atomic E-state index is 0.0648. The topological polar surface area (TPSA) is 209 Å². The minimum atomic E-state index is -1.82. The smallest absolute Gasteiger partial charge is 0.160 e. The molecule has 9 N–H and O–H groups in total. The average molecular weight is 1050 g/mol. The highest BCUT2D eigenvalue weighted by Crippen LogP contribution is 2.82. The maximum atomic E-state index is 16.2. The summed E-state index contributed by atoms with van der Waals surface area (Å²) >= 11 is 0. The molecular formula is C64H87NO11. The van der Waals surface area contributed by atoms with E-state index in [0.717, 1.165) is 55.9 Å². The SMILES string of the molecule is CCCCC[C@H]1C[C@]2(C[C@]3(C)[C@@H]4[C@H](C[C@@]3(O)C3=CC(=O)[C@@H]5[C@H]6c7cc(O)cc(O)c7CC[C@]6(O)[C@@H](OCCCO)C[C@]5(C)[C@H]32)O[C@]2([C@H]3CC[C@](C)(C=C3CNCC)[C@H](C)[C@@H]2O)[C@@]4(O)CCO)[C@@H]2C=c3ccccc3=C[C@H]12. The van der Waals surface area contributed by atoms with Crippen molar-refractivity contribution < 1.29 is 55.1 Å². The van der Waals surface area contributed by atoms with Gasteiger partial charge >= 0.3 is 0 Å². The van der Waals surface area contributed by atoms with E-state index in [-0.39, 0.29) is 97.8 Å². The lowest BCUT2D eigenvalue weighted by Crippen LogP contribution is -2.73. The number of hydrogen-bond donors (Lipinski definition) is 9. The van der Waals surface area contributed by atoms with Gasteiger partial charge in [-0.3, -0.25) is 4.79 Å². The molecule has 414 valence electrons. The second-order valence-electron chi connectivity index (χ2n) is 27.1. The van der Waals surface area contributed by atoms with Gasteiger partial charge in [-0.1, -0.05) is 109 Å². The molecule has 13 rings (SSSR count). The molecule has 2 aromatic carbocycles. The van der Waals surface area contributed by atoms with Crippen molar-refractivity contribution in [3.05, 3.63) is 81.3 Å². The Morgan fingerprint density at radius 1 is 0.908 bits per heavy atom. The molecule has 2 aromatic rings. The van der Waals surface area contributed by atoms with E-state index in [9.17, 15) is 40.9 Å². The third-order valence-corrected chi connectivity index (χ3v) is 23.8. The third kappa shape index (κ3) is 6.89. The van der Waals surface area contributed by atoms with Crippen LogP contribution in [-0.2, 0) is 20.7 Å². The maximum absolute atomic E-state index is 16.2. The first-order valence-corrected chi connectivity index (χ1v) is 29.6. The number of rotatable bonds is 13. The van der Waals surface area contributed by atoms with Gasteiger partial charge in [0.1, 0.15) is 22.7 Å². The van der Waals surface area contributed by atoms with Crippen LogP contribution in [-0.4, -0.2) is 120 Å². The first kappa shape index (κ1) is 53.2. The van der Waals surface area contributed by atoms with E-state index in [1.165, 1.54) is 11.3 Å². The van der Waals surface area contributed by atoms with Gasteiger partial charge in [0.05, 0.1) is 29.5 Å². The fourth-order valence-electron chi connectivity index (χ4n) is 20.8. The van der Waals surface area contributed by atoms with E-state index < -0.39 is 80.6 Å². The van der Waals surface area contributed by atoms with Crippen LogP contribution in [0.3, 0.4) is 0 Å². The van der Waals surface area contributed by atoms with Gasteiger partial charge in [-0.05, 0) is 149 Å². The Morgan fingerprint density at radius 2 is 1.67 bits per heavy atom. The summed E-state index contributed by atoms with van der Waals surface area (Å²) in [5.41, 5.74) is -6.90. The molecule has 1 aliphatic heterocycles. The highest BCUT2D eigenvalue weighted by Gasteiger charge is 2.85. The number of benzene rings is 2. The van der Waals surface area contributed by atoms with Crippen LogP contribution in [0.1, 0.15) is 142 Å². The molecule has 20 atom stereocenters. The standard InChI is InChI=1S/C64H87NO11/c1-7-9-10-16-39-31-60(46-26-38-15-12-11-14-37(38)25-43(39)46)35-59(6)55-50(76-64(62(55,73)21-23-67)45-18-19-57(4,36(3)56(64)71)30-40(45)34-65-8-2)32-63(59,74)47-29-49(70)53-52-44-27-41(68)28-48(69)42(44)17-20-61(52,72)51(75-24-13-22-66)33-58(53,5)54(47)60/h11-12,14-15,25-30,36,39,43,45-46,50-56,65-69,71-74H,7-10,13,16-24,31-35H2,1-6H3/t36-,39+,43-,45+,46-,50+,51+,52-,53-,54+,55+,56+,57-,58+,59-,60+,61+,62-,63-,64+/m1/s1. The van der Waals surface area contributed by atoms with Crippen LogP contribution in [0, 0.1) is 69.0 Å². The maximum Gasteiger partial charge on any atom is 0.160 e. The van der Waals surface area contributed by atoms with Crippen LogP contribution in [0.15, 0.2) is 59.7 Å². The average Bonchev–Trinajstić information content (AvgIpc) is 4.04. The van der Waals surface area contributed by atoms with Crippen molar-refractivity contribution in [1.29, 1.82) is 0 Å². The van der Waals surface area contributed by atoms with Crippen LogP contribution in [0.25, 0.3) is 12.2 Å². The molecule has 0 radical (unpaired) electrons. The summed E-state index contributed by atoms with van der Waals surface area (Å²) in [6.07, 6.45) is 14.5. The molecule has 2 spiro atoms. The molecule has 12 heteroatoms. The number of aromatic hydroxyl groups is 2. The van der Waals surface area contributed by atoms with Gasteiger partial charge in [-0.2, -0.15) is 0 Å². The summed E-state index contributed by atoms with van der Waals surface area (Å²) in [5.74, 6) is -3.83. The molecule has 76 heavy (non-hydrogen) atoms. The lowest BCUT2D eigenvalue weighted by Gasteiger charge is -2.70. The Hall–Kier alpha value is -3.43. The zero-order chi connectivity index (χ0) is 53.8. The number of phenols is 2. The lowest BCUT2D eigenvalue weighted by atomic mass is 9.35. The number of carbonyl (C=O) groups is 1. The highest BCUT2D eigenvalue weighted by atomic mass is 16.6. The Balaban J connectivity index is 1.11. The number of aliphatic hydroxyl groups excluding tert-OH is 3. The molecule has 5 saturated carbocycles. The van der Waals surface area contributed by atoms with Crippen LogP contribution in [0.5, 0.6) is 11.5 Å². The molecule has 12 nitrogen and oxygen atoms in total. The molecule has 1 saturated heterocycles. The number of allylic oxidation sites excluding steroid dienone is 2. The molecule has 2 bridgehead atoms. The number of ether oxygens (including phenoxy) is 2. The third-order valence-electron chi connectivity index (χ3n) is 23.8. The molecule has 0 aromatic heterocycles. The van der Waals surface area contributed by atoms with Gasteiger partial charge in [-0.15, -0.1) is 0 Å². The van der Waals surface area contributed by atoms with Gasteiger partial charge in [0.15, 0.2) is 5.78 Å². The molecule has 6 fully saturated rings. The van der Waals surface area contributed by atoms with Crippen LogP contribution in [0.2, 0.25) is 0 Å². The first-order valence-electron chi connectivity index (χ1n) is 29.6. The summed E-state index contributed by atoms with van der Waals surface area (Å²) in [5, 5.41) is 106. The zero-order valence-electron chi connectivity index (χ0n) is 45.9. The van der Waals surface area contributed by atoms with Crippen LogP contribution >= 0.6 is 0 Å². The molecule has 0 amide bonds. The Bertz CT molecular complexity index is 2850. The van der Waals surface area contributed by atoms with E-state index >= 15 is 4.79 Å². The Morgan fingerprint density at radius 3 is 2.39 bits per heavy atom. The van der Waals surface area contributed by atoms with Crippen molar-refractivity contribution in [1.82, 2.24) is 5.32 Å². The van der Waals surface area contributed by atoms with Gasteiger partial charge < -0.3 is 55.6 Å². The van der Waals surface area contributed by atoms with E-state index in [0.29, 0.717) is 48.9 Å². The Labute approximate surface area is 449 Å². The Kier molecular flexibility index (Phi) is 12.8. The van der Waals surface area contributed by atoms with Crippen molar-refractivity contribution in [2.75, 3.05) is 32.9 Å². The predicted molar refractivity (Wildman–Crippen MR) is 289 cm³/mol. The predicted octanol–water partition coefficient (Wildman–Crippen LogP) is 6.25. The fraction of sp³-hybridized carbons (Fsp3) is 0.703. The number of fused-ring (bicyclic) bond motifs is 17. The van der Waals surface area contributed by atoms with Crippen molar-refractivity contribution in [2.24, 2.45) is 69.0 Å². The molecular weight excluding hydrogens is 959 g/mol. The van der Waals surface area contributed by atoms with Gasteiger partial charge in [-0.25, -0.2) is 0 Å². The summed E-state index contributed by atoms with van der Waals surface area (Å²) in [4.78, 5) is 16.2. The van der Waals surface area contributed by atoms with Crippen molar-refractivity contribution in [2.45, 2.75) is 178 Å². The number of nitrogens with one attached hydrogen (secondary N) is 1. The zero-order valence-corrected chi connectivity index (χ0v) is 45.9. The number of carbonyl (C=O) groups excluding carboxylic acids is 1. The van der Waals surface area contributed by atoms with Gasteiger partial charge in [0, 0.05) is 74.4 Å². The second kappa shape index (κ2) is 18.3. The highest BCUT2D eigenvalue weighted by molar-refractivity contribution is 5.96. The largest absolute Gasteiger partial charge is 0.508 e. The molecule has 0 unspecified atom stereocenters. The fourth-order valence-corrected chi connectivity index (χ4v) is 20.8. The minimum Gasteiger partial charge on any atom is -0.508 e. The lowest BCUT2D eigenvalue weighted by molar-refractivity contribution is -0.257. The van der Waals surface area contributed by atoms with Crippen molar-refractivity contribution in [3.8, 4) is 11.5 Å². The normalized spacial score (nSPS) is 47.0. The van der Waals surface area contributed by atoms with E-state index in [1.807, 2.05) is 0 Å². The van der Waals surface area contributed by atoms with Gasteiger partial charge in [0.2, 0.25) is 0 Å². The van der Waals surface area contributed by atoms with Crippen molar-refractivity contribution in [3.63, 3.8) is 0 Å². The number of hydrogen-bond acceptors (Lipinski definition) is 12. The number of aliphatic hydroxyl groups is 6. The van der Waals surface area contributed by atoms with Crippen LogP contribution in [0.4, 0.5) is 0 Å². The number of likely N-dealkylation sites (N-methyl/N-ethyl adjacent to an activating group) is 1. The summed E-state index contributed by atoms with van der Waals surface area (Å²) < 4.78 is 14.6. The van der Waals surface area contributed by atoms with Crippen molar-refractivity contribution >= 4 is 17.9 Å². The summed E-state index contributed by atoms with van der Waals surface area (Å²) in [6, 6.07) is 11.5. The van der Waals surface area contributed by atoms with Crippen LogP contribution < -0.4 is 15.8 Å². The van der Waals surface area contributed by atoms with Gasteiger partial charge in [0.25, 0.3) is 0 Å². The number of unbranched alkanes of at least 4 members (excludes halogenated alkanes) is 2. The van der Waals surface area contributed by atoms with E-state index in [4.69, 9.17) is 9.47 Å². The second-order valence-corrected chi connectivity index (χ2v) is 27.1. The van der Waals surface area contributed by atoms with E-state index in [1.54, 1.807) is 12.1 Å².